The number of ketones is 1. The molecule has 1 heterocycles. The third-order valence-electron chi connectivity index (χ3n) is 9.76. The Kier molecular flexibility index (Phi) is 7.94. The first kappa shape index (κ1) is 33.3. The second-order valence-electron chi connectivity index (χ2n) is 13.1. The minimum atomic E-state index is -0.521. The summed E-state index contributed by atoms with van der Waals surface area (Å²) >= 11 is 0. The topological polar surface area (TPSA) is 166 Å². The maximum Gasteiger partial charge on any atom is 0.261 e. The molecule has 0 saturated carbocycles. The number of carbonyl (C=O) groups is 3. The second kappa shape index (κ2) is 13.1. The lowest BCUT2D eigenvalue weighted by Gasteiger charge is -2.24. The zero-order chi connectivity index (χ0) is 37.8. The average Bonchev–Trinajstić information content (AvgIpc) is 3.48. The lowest BCUT2D eigenvalue weighted by Crippen LogP contribution is -2.36. The van der Waals surface area contributed by atoms with Gasteiger partial charge in [-0.05, 0) is 71.1 Å². The number of benzene rings is 7. The molecular formula is C43H28N6O6. The van der Waals surface area contributed by atoms with Gasteiger partial charge >= 0.3 is 0 Å². The number of nitrogens with zero attached hydrogens (tertiary/aromatic N) is 5. The van der Waals surface area contributed by atoms with E-state index in [0.29, 0.717) is 55.4 Å². The van der Waals surface area contributed by atoms with E-state index in [1.807, 2.05) is 60.7 Å². The number of fused-ring (bicyclic) bond motifs is 4. The molecular weight excluding hydrogens is 697 g/mol. The first-order valence-electron chi connectivity index (χ1n) is 17.2. The smallest absolute Gasteiger partial charge is 0.261 e. The van der Waals surface area contributed by atoms with Gasteiger partial charge in [0.25, 0.3) is 11.8 Å². The standard InChI is InChI=1S/C43H28N6O6/c1-49-42(53)32-13-7-12-31-37(32)35(43(49)54)21-36(50)38(31)46-44-26-14-16-29-30-17-15-27(20-34(30)41(52)33(29)19-26)45-47-39-28-11-6-5-8-23(28)18-24(40(39)51)22-55-48-25-9-3-2-4-10-25/h2-21,48,50-51H,22H2,1H3. The average molecular weight is 725 g/mol. The molecule has 1 aliphatic heterocycles. The number of carbonyl (C=O) groups excluding carboxylic acids is 3. The van der Waals surface area contributed by atoms with Gasteiger partial charge in [0.1, 0.15) is 29.5 Å². The molecule has 3 N–H and O–H groups in total. The van der Waals surface area contributed by atoms with Crippen molar-refractivity contribution in [3.8, 4) is 22.6 Å². The summed E-state index contributed by atoms with van der Waals surface area (Å²) in [7, 11) is 1.39. The maximum absolute atomic E-state index is 13.7. The predicted molar refractivity (Wildman–Crippen MR) is 206 cm³/mol. The van der Waals surface area contributed by atoms with Gasteiger partial charge < -0.3 is 10.2 Å². The van der Waals surface area contributed by atoms with Crippen LogP contribution in [0.2, 0.25) is 0 Å². The molecule has 0 fully saturated rings. The number of hydrogen-bond acceptors (Lipinski definition) is 11. The van der Waals surface area contributed by atoms with E-state index in [0.717, 1.165) is 21.5 Å². The molecule has 9 rings (SSSR count). The van der Waals surface area contributed by atoms with Crippen molar-refractivity contribution in [2.24, 2.45) is 20.5 Å². The Morgan fingerprint density at radius 2 is 1.24 bits per heavy atom. The van der Waals surface area contributed by atoms with Crippen molar-refractivity contribution in [3.05, 3.63) is 149 Å². The van der Waals surface area contributed by atoms with Crippen molar-refractivity contribution in [3.63, 3.8) is 0 Å². The molecule has 12 nitrogen and oxygen atoms in total. The molecule has 0 atom stereocenters. The molecule has 1 aliphatic carbocycles. The van der Waals surface area contributed by atoms with Gasteiger partial charge in [-0.1, -0.05) is 66.7 Å². The van der Waals surface area contributed by atoms with Crippen LogP contribution < -0.4 is 5.48 Å². The number of rotatable bonds is 8. The SMILES string of the molecule is CN1C(=O)c2cccc3c(N=Nc4ccc5c(c4)C(=O)c4cc(N=Nc6c(O)c(CONc7ccccc7)cc7ccccc67)ccc4-5)c(O)cc(c23)C1=O. The van der Waals surface area contributed by atoms with Gasteiger partial charge in [0, 0.05) is 45.5 Å². The molecule has 12 heteroatoms. The zero-order valence-corrected chi connectivity index (χ0v) is 29.0. The van der Waals surface area contributed by atoms with Crippen molar-refractivity contribution in [1.29, 1.82) is 0 Å². The summed E-state index contributed by atoms with van der Waals surface area (Å²) in [6.07, 6.45) is 0. The van der Waals surface area contributed by atoms with E-state index in [2.05, 4.69) is 25.9 Å². The van der Waals surface area contributed by atoms with Crippen LogP contribution in [0, 0.1) is 0 Å². The van der Waals surface area contributed by atoms with Gasteiger partial charge in [0.05, 0.1) is 22.6 Å². The Labute approximate surface area is 312 Å². The molecule has 2 aliphatic rings. The van der Waals surface area contributed by atoms with Crippen LogP contribution in [0.3, 0.4) is 0 Å². The van der Waals surface area contributed by atoms with E-state index in [9.17, 15) is 24.6 Å². The molecule has 0 radical (unpaired) electrons. The van der Waals surface area contributed by atoms with Crippen molar-refractivity contribution in [2.75, 3.05) is 12.5 Å². The normalized spacial score (nSPS) is 13.4. The molecule has 0 bridgehead atoms. The fourth-order valence-corrected chi connectivity index (χ4v) is 7.04. The summed E-state index contributed by atoms with van der Waals surface area (Å²) in [5, 5.41) is 42.1. The molecule has 0 unspecified atom stereocenters. The van der Waals surface area contributed by atoms with Crippen LogP contribution >= 0.6 is 0 Å². The molecule has 0 saturated heterocycles. The Bertz CT molecular complexity index is 2850. The van der Waals surface area contributed by atoms with Crippen LogP contribution in [-0.2, 0) is 11.4 Å². The van der Waals surface area contributed by atoms with Crippen LogP contribution in [0.5, 0.6) is 11.5 Å². The highest BCUT2D eigenvalue weighted by Gasteiger charge is 2.32. The van der Waals surface area contributed by atoms with Crippen molar-refractivity contribution < 1.29 is 29.4 Å². The highest BCUT2D eigenvalue weighted by molar-refractivity contribution is 6.27. The van der Waals surface area contributed by atoms with Gasteiger partial charge in [-0.15, -0.1) is 10.2 Å². The number of para-hydroxylation sites is 1. The second-order valence-corrected chi connectivity index (χ2v) is 13.1. The highest BCUT2D eigenvalue weighted by atomic mass is 16.6. The first-order valence-corrected chi connectivity index (χ1v) is 17.2. The molecule has 7 aromatic rings. The van der Waals surface area contributed by atoms with Crippen LogP contribution in [0.4, 0.5) is 28.4 Å². The van der Waals surface area contributed by atoms with Crippen molar-refractivity contribution in [1.82, 2.24) is 4.90 Å². The van der Waals surface area contributed by atoms with Crippen molar-refractivity contribution in [2.45, 2.75) is 6.61 Å². The van der Waals surface area contributed by atoms with Crippen molar-refractivity contribution >= 4 is 67.6 Å². The number of phenols is 2. The summed E-state index contributed by atoms with van der Waals surface area (Å²) in [5.74, 6) is -1.54. The van der Waals surface area contributed by atoms with Gasteiger partial charge in [-0.3, -0.25) is 29.6 Å². The lowest BCUT2D eigenvalue weighted by atomic mass is 9.93. The van der Waals surface area contributed by atoms with Crippen LogP contribution in [0.25, 0.3) is 32.7 Å². The highest BCUT2D eigenvalue weighted by Crippen LogP contribution is 2.44. The molecule has 0 spiro atoms. The number of hydrogen-bond donors (Lipinski definition) is 3. The van der Waals surface area contributed by atoms with Gasteiger partial charge in [0.15, 0.2) is 5.78 Å². The Morgan fingerprint density at radius 3 is 1.96 bits per heavy atom. The minimum Gasteiger partial charge on any atom is -0.506 e. The predicted octanol–water partition coefficient (Wildman–Crippen LogP) is 10.2. The van der Waals surface area contributed by atoms with Gasteiger partial charge in [-0.25, -0.2) is 0 Å². The quantitative estimate of drug-likeness (QED) is 0.0796. The molecule has 266 valence electrons. The van der Waals surface area contributed by atoms with Crippen LogP contribution in [0.1, 0.15) is 42.2 Å². The lowest BCUT2D eigenvalue weighted by molar-refractivity contribution is 0.0650. The monoisotopic (exact) mass is 724 g/mol. The van der Waals surface area contributed by atoms with Gasteiger partial charge in [0.2, 0.25) is 0 Å². The number of azo groups is 2. The summed E-state index contributed by atoms with van der Waals surface area (Å²) in [6.45, 7) is 0.0615. The fourth-order valence-electron chi connectivity index (χ4n) is 7.04. The Morgan fingerprint density at radius 1 is 0.600 bits per heavy atom. The largest absolute Gasteiger partial charge is 0.506 e. The van der Waals surface area contributed by atoms with E-state index in [1.165, 1.54) is 13.1 Å². The fraction of sp³-hybridized carbons (Fsp3) is 0.0465. The van der Waals surface area contributed by atoms with Gasteiger partial charge in [-0.2, -0.15) is 10.2 Å². The number of phenolic OH excluding ortho intramolecular Hbond substituents is 2. The third-order valence-corrected chi connectivity index (χ3v) is 9.76. The van der Waals surface area contributed by atoms with E-state index in [-0.39, 0.29) is 40.8 Å². The van der Waals surface area contributed by atoms with Crippen LogP contribution in [-0.4, -0.2) is 39.8 Å². The summed E-state index contributed by atoms with van der Waals surface area (Å²) in [6, 6.07) is 35.3. The molecule has 2 amide bonds. The summed E-state index contributed by atoms with van der Waals surface area (Å²) < 4.78 is 0. The van der Waals surface area contributed by atoms with E-state index in [4.69, 9.17) is 4.84 Å². The zero-order valence-electron chi connectivity index (χ0n) is 29.0. The van der Waals surface area contributed by atoms with E-state index < -0.39 is 11.8 Å². The third kappa shape index (κ3) is 5.64. The molecule has 0 aromatic heterocycles. The molecule has 55 heavy (non-hydrogen) atoms. The number of amides is 2. The molecule has 7 aromatic carbocycles. The minimum absolute atomic E-state index is 0.0615. The maximum atomic E-state index is 13.7. The number of nitrogens with one attached hydrogen (secondary N) is 1. The summed E-state index contributed by atoms with van der Waals surface area (Å²) in [5.41, 5.74) is 8.12. The first-order chi connectivity index (χ1) is 26.8. The van der Waals surface area contributed by atoms with E-state index in [1.54, 1.807) is 54.6 Å². The number of anilines is 1. The Hall–Kier alpha value is -7.57. The van der Waals surface area contributed by atoms with Crippen LogP contribution in [0.15, 0.2) is 142 Å². The van der Waals surface area contributed by atoms with E-state index >= 15 is 0 Å². The number of imide groups is 1. The Balaban J connectivity index is 0.986. The number of aromatic hydroxyl groups is 2. The summed E-state index contributed by atoms with van der Waals surface area (Å²) in [4.78, 5) is 46.1.